The molecule has 25 heavy (non-hydrogen) atoms. The summed E-state index contributed by atoms with van der Waals surface area (Å²) in [6.07, 6.45) is 6.13. The minimum absolute atomic E-state index is 0.300. The Morgan fingerprint density at radius 2 is 2.20 bits per heavy atom. The number of hydrogen-bond donors (Lipinski definition) is 0. The number of ether oxygens (including phenoxy) is 2. The fraction of sp³-hybridized carbons (Fsp3) is 0.500. The van der Waals surface area contributed by atoms with Gasteiger partial charge in [0, 0.05) is 31.7 Å². The molecule has 1 aromatic carbocycles. The number of rotatable bonds is 4. The van der Waals surface area contributed by atoms with Crippen molar-refractivity contribution in [2.75, 3.05) is 24.6 Å². The van der Waals surface area contributed by atoms with E-state index in [0.29, 0.717) is 12.7 Å². The van der Waals surface area contributed by atoms with Crippen LogP contribution in [0.15, 0.2) is 30.6 Å². The van der Waals surface area contributed by atoms with E-state index in [1.165, 1.54) is 11.1 Å². The van der Waals surface area contributed by atoms with E-state index in [1.807, 2.05) is 12.1 Å². The summed E-state index contributed by atoms with van der Waals surface area (Å²) in [7, 11) is 0. The first-order valence-electron chi connectivity index (χ1n) is 9.25. The number of aromatic nitrogens is 2. The summed E-state index contributed by atoms with van der Waals surface area (Å²) < 4.78 is 12.0. The smallest absolute Gasteiger partial charge is 0.135 e. The van der Waals surface area contributed by atoms with Gasteiger partial charge in [-0.05, 0) is 30.9 Å². The molecule has 2 aliphatic rings. The van der Waals surface area contributed by atoms with Crippen LogP contribution in [-0.4, -0.2) is 35.8 Å². The maximum Gasteiger partial charge on any atom is 0.135 e. The lowest BCUT2D eigenvalue weighted by molar-refractivity contribution is 0.0439. The third-order valence-electron chi connectivity index (χ3n) is 4.95. The number of piperidine rings is 1. The number of fused-ring (bicyclic) bond motifs is 2. The van der Waals surface area contributed by atoms with E-state index in [4.69, 9.17) is 9.47 Å². The van der Waals surface area contributed by atoms with Crippen LogP contribution in [0.1, 0.15) is 43.0 Å². The molecule has 0 bridgehead atoms. The van der Waals surface area contributed by atoms with E-state index in [0.717, 1.165) is 62.6 Å². The third kappa shape index (κ3) is 3.47. The van der Waals surface area contributed by atoms with Crippen molar-refractivity contribution in [3.63, 3.8) is 0 Å². The Morgan fingerprint density at radius 3 is 3.12 bits per heavy atom. The van der Waals surface area contributed by atoms with Crippen molar-refractivity contribution in [1.82, 2.24) is 9.97 Å². The normalized spacial score (nSPS) is 19.6. The molecule has 1 aromatic heterocycles. The summed E-state index contributed by atoms with van der Waals surface area (Å²) in [5.41, 5.74) is 3.40. The molecule has 1 saturated heterocycles. The molecule has 0 N–H and O–H groups in total. The molecule has 132 valence electrons. The fourth-order valence-electron chi connectivity index (χ4n) is 3.69. The zero-order valence-corrected chi connectivity index (χ0v) is 14.8. The van der Waals surface area contributed by atoms with Crippen LogP contribution >= 0.6 is 0 Å². The predicted octanol–water partition coefficient (Wildman–Crippen LogP) is 3.36. The number of para-hydroxylation sites is 1. The van der Waals surface area contributed by atoms with Gasteiger partial charge in [-0.25, -0.2) is 9.97 Å². The second-order valence-electron chi connectivity index (χ2n) is 6.78. The highest BCUT2D eigenvalue weighted by Crippen LogP contribution is 2.32. The first kappa shape index (κ1) is 16.3. The Labute approximate surface area is 149 Å². The van der Waals surface area contributed by atoms with E-state index in [1.54, 1.807) is 6.33 Å². The first-order chi connectivity index (χ1) is 12.3. The molecule has 1 atom stereocenters. The Morgan fingerprint density at radius 1 is 1.28 bits per heavy atom. The Hall–Kier alpha value is -2.14. The van der Waals surface area contributed by atoms with Gasteiger partial charge in [0.2, 0.25) is 0 Å². The average Bonchev–Trinajstić information content (AvgIpc) is 2.85. The second-order valence-corrected chi connectivity index (χ2v) is 6.78. The molecule has 5 nitrogen and oxygen atoms in total. The van der Waals surface area contributed by atoms with Crippen LogP contribution in [0.5, 0.6) is 5.75 Å². The maximum absolute atomic E-state index is 6.00. The zero-order valence-electron chi connectivity index (χ0n) is 14.8. The Kier molecular flexibility index (Phi) is 4.83. The van der Waals surface area contributed by atoms with Crippen molar-refractivity contribution in [1.29, 1.82) is 0 Å². The van der Waals surface area contributed by atoms with Crippen LogP contribution < -0.4 is 9.64 Å². The van der Waals surface area contributed by atoms with Gasteiger partial charge in [-0.1, -0.05) is 25.1 Å². The average molecular weight is 339 g/mol. The third-order valence-corrected chi connectivity index (χ3v) is 4.95. The molecule has 0 saturated carbocycles. The van der Waals surface area contributed by atoms with E-state index in [2.05, 4.69) is 33.9 Å². The quantitative estimate of drug-likeness (QED) is 0.855. The van der Waals surface area contributed by atoms with Crippen LogP contribution in [0.25, 0.3) is 0 Å². The van der Waals surface area contributed by atoms with Gasteiger partial charge in [0.05, 0.1) is 11.8 Å². The molecule has 5 heteroatoms. The molecule has 0 unspecified atom stereocenters. The summed E-state index contributed by atoms with van der Waals surface area (Å²) in [6, 6.07) is 8.24. The van der Waals surface area contributed by atoms with Crippen molar-refractivity contribution in [3.8, 4) is 5.75 Å². The van der Waals surface area contributed by atoms with Crippen molar-refractivity contribution in [2.45, 2.75) is 45.3 Å². The van der Waals surface area contributed by atoms with Gasteiger partial charge in [-0.3, -0.25) is 0 Å². The van der Waals surface area contributed by atoms with E-state index < -0.39 is 0 Å². The van der Waals surface area contributed by atoms with Gasteiger partial charge in [0.15, 0.2) is 0 Å². The SMILES string of the molecule is CCCO[C@@H]1CCCN(c2ncnc3c2Cc2ccccc2OC3)C1. The van der Waals surface area contributed by atoms with E-state index in [-0.39, 0.29) is 0 Å². The number of benzene rings is 1. The number of hydrogen-bond acceptors (Lipinski definition) is 5. The summed E-state index contributed by atoms with van der Waals surface area (Å²) in [4.78, 5) is 11.5. The molecule has 0 spiro atoms. The number of anilines is 1. The monoisotopic (exact) mass is 339 g/mol. The molecule has 0 aliphatic carbocycles. The van der Waals surface area contributed by atoms with Crippen LogP contribution in [0.2, 0.25) is 0 Å². The van der Waals surface area contributed by atoms with Gasteiger partial charge >= 0.3 is 0 Å². The highest BCUT2D eigenvalue weighted by Gasteiger charge is 2.26. The maximum atomic E-state index is 6.00. The van der Waals surface area contributed by atoms with Gasteiger partial charge < -0.3 is 14.4 Å². The van der Waals surface area contributed by atoms with Crippen LogP contribution in [0.4, 0.5) is 5.82 Å². The Bertz CT molecular complexity index is 735. The highest BCUT2D eigenvalue weighted by atomic mass is 16.5. The lowest BCUT2D eigenvalue weighted by Gasteiger charge is -2.34. The minimum atomic E-state index is 0.300. The van der Waals surface area contributed by atoms with E-state index in [9.17, 15) is 0 Å². The van der Waals surface area contributed by atoms with Crippen LogP contribution in [-0.2, 0) is 17.8 Å². The molecule has 0 radical (unpaired) electrons. The first-order valence-corrected chi connectivity index (χ1v) is 9.25. The molecule has 1 fully saturated rings. The summed E-state index contributed by atoms with van der Waals surface area (Å²) >= 11 is 0. The minimum Gasteiger partial charge on any atom is -0.487 e. The van der Waals surface area contributed by atoms with E-state index >= 15 is 0 Å². The van der Waals surface area contributed by atoms with Crippen molar-refractivity contribution in [3.05, 3.63) is 47.4 Å². The molecule has 2 aliphatic heterocycles. The van der Waals surface area contributed by atoms with Gasteiger partial charge in [0.25, 0.3) is 0 Å². The molecular formula is C20H25N3O2. The van der Waals surface area contributed by atoms with Crippen LogP contribution in [0.3, 0.4) is 0 Å². The standard InChI is InChI=1S/C20H25N3O2/c1-2-10-24-16-7-5-9-23(12-16)20-17-11-15-6-3-4-8-19(15)25-13-18(17)21-14-22-20/h3-4,6,8,14,16H,2,5,7,9-13H2,1H3/t16-/m1/s1. The van der Waals surface area contributed by atoms with Gasteiger partial charge in [-0.15, -0.1) is 0 Å². The molecule has 2 aromatic rings. The predicted molar refractivity (Wildman–Crippen MR) is 97.1 cm³/mol. The largest absolute Gasteiger partial charge is 0.487 e. The van der Waals surface area contributed by atoms with Crippen molar-refractivity contribution in [2.24, 2.45) is 0 Å². The van der Waals surface area contributed by atoms with Gasteiger partial charge in [-0.2, -0.15) is 0 Å². The Balaban J connectivity index is 1.62. The molecule has 4 rings (SSSR count). The molecule has 3 heterocycles. The summed E-state index contributed by atoms with van der Waals surface area (Å²) in [5, 5.41) is 0. The lowest BCUT2D eigenvalue weighted by atomic mass is 10.0. The topological polar surface area (TPSA) is 47.5 Å². The van der Waals surface area contributed by atoms with Crippen LogP contribution in [0, 0.1) is 0 Å². The molecular weight excluding hydrogens is 314 g/mol. The van der Waals surface area contributed by atoms with Gasteiger partial charge in [0.1, 0.15) is 24.5 Å². The second kappa shape index (κ2) is 7.40. The lowest BCUT2D eigenvalue weighted by Crippen LogP contribution is -2.41. The summed E-state index contributed by atoms with van der Waals surface area (Å²) in [6.45, 7) is 5.43. The van der Waals surface area contributed by atoms with Crippen molar-refractivity contribution >= 4 is 5.82 Å². The fourth-order valence-corrected chi connectivity index (χ4v) is 3.69. The summed E-state index contributed by atoms with van der Waals surface area (Å²) in [5.74, 6) is 2.00. The number of nitrogens with zero attached hydrogens (tertiary/aromatic N) is 3. The highest BCUT2D eigenvalue weighted by molar-refractivity contribution is 5.53. The van der Waals surface area contributed by atoms with Crippen molar-refractivity contribution < 1.29 is 9.47 Å². The zero-order chi connectivity index (χ0) is 17.1. The molecule has 0 amide bonds.